The van der Waals surface area contributed by atoms with E-state index in [1.54, 1.807) is 0 Å². The number of fused-ring (bicyclic) bond motifs is 2. The molecule has 2 aromatic carbocycles. The minimum Gasteiger partial charge on any atom is -0.358 e. The third-order valence-corrected chi connectivity index (χ3v) is 5.50. The van der Waals surface area contributed by atoms with E-state index in [4.69, 9.17) is 5.26 Å². The Kier molecular flexibility index (Phi) is 4.49. The molecule has 1 atom stereocenters. The molecule has 3 heteroatoms. The van der Waals surface area contributed by atoms with Crippen LogP contribution < -0.4 is 0 Å². The van der Waals surface area contributed by atoms with Gasteiger partial charge >= 0.3 is 0 Å². The number of rotatable bonds is 5. The Bertz CT molecular complexity index is 1140. The molecule has 0 fully saturated rings. The molecule has 4 rings (SSSR count). The molecule has 0 aliphatic rings. The monoisotopic (exact) mass is 355 g/mol. The third-order valence-electron chi connectivity index (χ3n) is 5.50. The van der Waals surface area contributed by atoms with E-state index >= 15 is 0 Å². The Morgan fingerprint density at radius 3 is 2.26 bits per heavy atom. The smallest absolute Gasteiger partial charge is 0.0991 e. The van der Waals surface area contributed by atoms with Crippen LogP contribution in [0.4, 0.5) is 0 Å². The van der Waals surface area contributed by atoms with Crippen LogP contribution in [0.2, 0.25) is 0 Å². The molecule has 0 radical (unpaired) electrons. The average Bonchev–Trinajstić information content (AvgIpc) is 3.28. The molecule has 4 aromatic rings. The summed E-state index contributed by atoms with van der Waals surface area (Å²) in [4.78, 5) is 7.02. The standard InChI is InChI=1S/C24H25N3/c1-15(2)23-12-19-10-17(6-8-21(19)26-23)5-4-16(3)24-13-20-11-18(14-25)7-9-22(20)27-24/h6-13,15-16,26-27H,4-5H2,1-3H3. The molecular formula is C24H25N3. The lowest BCUT2D eigenvalue weighted by molar-refractivity contribution is 0.666. The molecule has 2 aromatic heterocycles. The maximum absolute atomic E-state index is 9.07. The van der Waals surface area contributed by atoms with Crippen molar-refractivity contribution in [2.24, 2.45) is 0 Å². The lowest BCUT2D eigenvalue weighted by Crippen LogP contribution is -1.96. The molecule has 3 nitrogen and oxygen atoms in total. The normalized spacial score (nSPS) is 12.7. The summed E-state index contributed by atoms with van der Waals surface area (Å²) in [6.45, 7) is 6.70. The lowest BCUT2D eigenvalue weighted by Gasteiger charge is -2.09. The third kappa shape index (κ3) is 3.48. The molecule has 0 aliphatic heterocycles. The minimum absolute atomic E-state index is 0.441. The summed E-state index contributed by atoms with van der Waals surface area (Å²) in [6.07, 6.45) is 2.14. The average molecular weight is 355 g/mol. The van der Waals surface area contributed by atoms with Gasteiger partial charge < -0.3 is 9.97 Å². The number of hydrogen-bond acceptors (Lipinski definition) is 1. The van der Waals surface area contributed by atoms with E-state index in [1.807, 2.05) is 18.2 Å². The van der Waals surface area contributed by atoms with Crippen molar-refractivity contribution in [2.45, 2.75) is 45.4 Å². The van der Waals surface area contributed by atoms with Crippen LogP contribution in [0.15, 0.2) is 48.5 Å². The first-order valence-electron chi connectivity index (χ1n) is 9.68. The molecule has 0 aliphatic carbocycles. The summed E-state index contributed by atoms with van der Waals surface area (Å²) >= 11 is 0. The van der Waals surface area contributed by atoms with Gasteiger partial charge in [-0.05, 0) is 78.1 Å². The van der Waals surface area contributed by atoms with E-state index in [0.29, 0.717) is 17.4 Å². The summed E-state index contributed by atoms with van der Waals surface area (Å²) in [5.41, 5.74) is 6.95. The predicted octanol–water partition coefficient (Wildman–Crippen LogP) is 6.38. The summed E-state index contributed by atoms with van der Waals surface area (Å²) in [5, 5.41) is 11.5. The van der Waals surface area contributed by atoms with Gasteiger partial charge in [0.05, 0.1) is 11.6 Å². The Labute approximate surface area is 160 Å². The van der Waals surface area contributed by atoms with Crippen LogP contribution >= 0.6 is 0 Å². The highest BCUT2D eigenvalue weighted by Crippen LogP contribution is 2.27. The maximum atomic E-state index is 9.07. The molecule has 0 saturated heterocycles. The Morgan fingerprint density at radius 1 is 0.852 bits per heavy atom. The number of H-pyrrole nitrogens is 2. The second kappa shape index (κ2) is 6.96. The first-order valence-corrected chi connectivity index (χ1v) is 9.68. The maximum Gasteiger partial charge on any atom is 0.0991 e. The van der Waals surface area contributed by atoms with Gasteiger partial charge in [0.1, 0.15) is 0 Å². The molecule has 2 N–H and O–H groups in total. The van der Waals surface area contributed by atoms with Crippen LogP contribution in [0.5, 0.6) is 0 Å². The molecule has 27 heavy (non-hydrogen) atoms. The number of aryl methyl sites for hydroxylation is 1. The fraction of sp³-hybridized carbons (Fsp3) is 0.292. The van der Waals surface area contributed by atoms with Crippen molar-refractivity contribution in [1.29, 1.82) is 5.26 Å². The van der Waals surface area contributed by atoms with Crippen LogP contribution in [-0.4, -0.2) is 9.97 Å². The van der Waals surface area contributed by atoms with Gasteiger partial charge in [0.15, 0.2) is 0 Å². The number of aromatic amines is 2. The van der Waals surface area contributed by atoms with Crippen LogP contribution in [0.25, 0.3) is 21.8 Å². The molecule has 0 spiro atoms. The molecule has 2 heterocycles. The van der Waals surface area contributed by atoms with Crippen molar-refractivity contribution in [2.75, 3.05) is 0 Å². The zero-order valence-electron chi connectivity index (χ0n) is 16.1. The van der Waals surface area contributed by atoms with Gasteiger partial charge in [-0.25, -0.2) is 0 Å². The van der Waals surface area contributed by atoms with E-state index in [2.05, 4.69) is 67.1 Å². The zero-order valence-corrected chi connectivity index (χ0v) is 16.1. The molecule has 136 valence electrons. The van der Waals surface area contributed by atoms with E-state index in [-0.39, 0.29) is 0 Å². The Balaban J connectivity index is 1.49. The lowest BCUT2D eigenvalue weighted by atomic mass is 9.97. The van der Waals surface area contributed by atoms with Crippen molar-refractivity contribution >= 4 is 21.8 Å². The van der Waals surface area contributed by atoms with E-state index in [9.17, 15) is 0 Å². The van der Waals surface area contributed by atoms with Crippen molar-refractivity contribution in [1.82, 2.24) is 9.97 Å². The van der Waals surface area contributed by atoms with Crippen LogP contribution in [0.3, 0.4) is 0 Å². The van der Waals surface area contributed by atoms with Crippen molar-refractivity contribution in [3.05, 3.63) is 71.0 Å². The minimum atomic E-state index is 0.441. The summed E-state index contributed by atoms with van der Waals surface area (Å²) in [5.74, 6) is 0.959. The topological polar surface area (TPSA) is 55.4 Å². The van der Waals surface area contributed by atoms with Gasteiger partial charge in [-0.1, -0.05) is 26.8 Å². The fourth-order valence-corrected chi connectivity index (χ4v) is 3.70. The number of aromatic nitrogens is 2. The predicted molar refractivity (Wildman–Crippen MR) is 112 cm³/mol. The number of hydrogen-bond donors (Lipinski definition) is 2. The van der Waals surface area contributed by atoms with Crippen LogP contribution in [0, 0.1) is 11.3 Å². The largest absolute Gasteiger partial charge is 0.358 e. The Hall–Kier alpha value is -2.99. The van der Waals surface area contributed by atoms with E-state index in [1.165, 1.54) is 27.9 Å². The number of nitrogens with zero attached hydrogens (tertiary/aromatic N) is 1. The molecular weight excluding hydrogens is 330 g/mol. The Morgan fingerprint density at radius 2 is 1.52 bits per heavy atom. The molecule has 0 saturated carbocycles. The highest BCUT2D eigenvalue weighted by atomic mass is 14.7. The van der Waals surface area contributed by atoms with Crippen LogP contribution in [-0.2, 0) is 6.42 Å². The quantitative estimate of drug-likeness (QED) is 0.429. The second-order valence-corrected chi connectivity index (χ2v) is 7.88. The number of nitriles is 1. The number of benzene rings is 2. The fourth-order valence-electron chi connectivity index (χ4n) is 3.70. The SMILES string of the molecule is CC(C)c1cc2cc(CCC(C)c3cc4cc(C#N)ccc4[nH]3)ccc2[nH]1. The number of nitrogens with one attached hydrogen (secondary N) is 2. The van der Waals surface area contributed by atoms with Crippen molar-refractivity contribution in [3.8, 4) is 6.07 Å². The highest BCUT2D eigenvalue weighted by Gasteiger charge is 2.11. The summed E-state index contributed by atoms with van der Waals surface area (Å²) in [7, 11) is 0. The first-order chi connectivity index (χ1) is 13.0. The highest BCUT2D eigenvalue weighted by molar-refractivity contribution is 5.82. The molecule has 0 amide bonds. The van der Waals surface area contributed by atoms with Gasteiger partial charge in [-0.15, -0.1) is 0 Å². The van der Waals surface area contributed by atoms with Crippen molar-refractivity contribution in [3.63, 3.8) is 0 Å². The van der Waals surface area contributed by atoms with Crippen molar-refractivity contribution < 1.29 is 0 Å². The van der Waals surface area contributed by atoms with Gasteiger partial charge in [-0.3, -0.25) is 0 Å². The van der Waals surface area contributed by atoms with E-state index < -0.39 is 0 Å². The van der Waals surface area contributed by atoms with Gasteiger partial charge in [0.2, 0.25) is 0 Å². The second-order valence-electron chi connectivity index (χ2n) is 7.88. The van der Waals surface area contributed by atoms with Crippen LogP contribution in [0.1, 0.15) is 61.5 Å². The van der Waals surface area contributed by atoms with Gasteiger partial charge in [0, 0.05) is 27.8 Å². The summed E-state index contributed by atoms with van der Waals surface area (Å²) < 4.78 is 0. The summed E-state index contributed by atoms with van der Waals surface area (Å²) in [6, 6.07) is 19.2. The first kappa shape index (κ1) is 17.4. The molecule has 0 bridgehead atoms. The van der Waals surface area contributed by atoms with Gasteiger partial charge in [0.25, 0.3) is 0 Å². The zero-order chi connectivity index (χ0) is 19.0. The van der Waals surface area contributed by atoms with E-state index in [0.717, 1.165) is 23.7 Å². The molecule has 1 unspecified atom stereocenters. The van der Waals surface area contributed by atoms with Gasteiger partial charge in [-0.2, -0.15) is 5.26 Å².